The van der Waals surface area contributed by atoms with Gasteiger partial charge in [-0.25, -0.2) is 14.6 Å². The van der Waals surface area contributed by atoms with Crippen LogP contribution in [0.15, 0.2) is 15.5 Å². The third-order valence-corrected chi connectivity index (χ3v) is 4.84. The maximum Gasteiger partial charge on any atom is 0.342 e. The molecule has 1 aliphatic rings. The van der Waals surface area contributed by atoms with Crippen LogP contribution in [0.25, 0.3) is 11.1 Å². The van der Waals surface area contributed by atoms with E-state index in [1.165, 1.54) is 6.92 Å². The van der Waals surface area contributed by atoms with Gasteiger partial charge in [-0.1, -0.05) is 19.3 Å². The monoisotopic (exact) mass is 404 g/mol. The number of ether oxygens (including phenoxy) is 1. The Morgan fingerprint density at radius 1 is 1.28 bits per heavy atom. The third kappa shape index (κ3) is 4.64. The molecule has 156 valence electrons. The zero-order valence-electron chi connectivity index (χ0n) is 16.4. The Balaban J connectivity index is 1.74. The summed E-state index contributed by atoms with van der Waals surface area (Å²) in [4.78, 5) is 53.2. The molecular formula is C19H24N4O6. The number of nitrogens with zero attached hydrogens (tertiary/aromatic N) is 2. The minimum absolute atomic E-state index is 0.0100. The molecule has 2 aromatic rings. The predicted octanol–water partition coefficient (Wildman–Crippen LogP) is 1.63. The average molecular weight is 404 g/mol. The normalized spacial score (nSPS) is 14.6. The molecule has 0 unspecified atom stereocenters. The van der Waals surface area contributed by atoms with E-state index < -0.39 is 30.0 Å². The van der Waals surface area contributed by atoms with Gasteiger partial charge in [-0.3, -0.25) is 19.5 Å². The van der Waals surface area contributed by atoms with Gasteiger partial charge in [0.2, 0.25) is 11.6 Å². The fourth-order valence-electron chi connectivity index (χ4n) is 3.49. The Labute approximate surface area is 166 Å². The molecule has 1 saturated carbocycles. The molecular weight excluding hydrogens is 380 g/mol. The Morgan fingerprint density at radius 2 is 2.00 bits per heavy atom. The fourth-order valence-corrected chi connectivity index (χ4v) is 3.49. The molecule has 3 amide bonds. The van der Waals surface area contributed by atoms with E-state index in [0.29, 0.717) is 0 Å². The number of hydrogen-bond acceptors (Lipinski definition) is 7. The van der Waals surface area contributed by atoms with Crippen LogP contribution in [0.5, 0.6) is 0 Å². The lowest BCUT2D eigenvalue weighted by molar-refractivity contribution is -0.120. The van der Waals surface area contributed by atoms with Crippen LogP contribution in [-0.4, -0.2) is 40.1 Å². The molecule has 0 bridgehead atoms. The number of furan rings is 1. The summed E-state index contributed by atoms with van der Waals surface area (Å²) in [7, 11) is 0. The van der Waals surface area contributed by atoms with Gasteiger partial charge in [-0.15, -0.1) is 0 Å². The number of esters is 1. The average Bonchev–Trinajstić information content (AvgIpc) is 3.01. The van der Waals surface area contributed by atoms with Gasteiger partial charge < -0.3 is 14.5 Å². The van der Waals surface area contributed by atoms with E-state index >= 15 is 0 Å². The highest BCUT2D eigenvalue weighted by molar-refractivity contribution is 6.03. The number of amides is 3. The van der Waals surface area contributed by atoms with Gasteiger partial charge >= 0.3 is 12.0 Å². The molecule has 3 rings (SSSR count). The number of hydrogen-bond donors (Lipinski definition) is 2. The fraction of sp³-hybridized carbons (Fsp3) is 0.526. The highest BCUT2D eigenvalue weighted by Crippen LogP contribution is 2.21. The number of imide groups is 1. The van der Waals surface area contributed by atoms with Crippen molar-refractivity contribution >= 4 is 29.0 Å². The third-order valence-electron chi connectivity index (χ3n) is 4.84. The van der Waals surface area contributed by atoms with E-state index in [9.17, 15) is 19.2 Å². The molecule has 2 heterocycles. The van der Waals surface area contributed by atoms with Crippen LogP contribution in [0.4, 0.5) is 4.79 Å². The van der Waals surface area contributed by atoms with Gasteiger partial charge in [0.05, 0.1) is 6.61 Å². The minimum Gasteiger partial charge on any atom is -0.462 e. The highest BCUT2D eigenvalue weighted by Gasteiger charge is 2.24. The first-order chi connectivity index (χ1) is 13.9. The van der Waals surface area contributed by atoms with Crippen LogP contribution in [0.3, 0.4) is 0 Å². The number of fused-ring (bicyclic) bond motifs is 1. The van der Waals surface area contributed by atoms with Crippen LogP contribution >= 0.6 is 0 Å². The molecule has 10 nitrogen and oxygen atoms in total. The minimum atomic E-state index is -0.697. The zero-order valence-corrected chi connectivity index (χ0v) is 16.4. The van der Waals surface area contributed by atoms with E-state index in [1.54, 1.807) is 6.92 Å². The number of carbonyl (C=O) groups is 3. The van der Waals surface area contributed by atoms with E-state index in [0.717, 1.165) is 43.0 Å². The lowest BCUT2D eigenvalue weighted by Gasteiger charge is -2.22. The largest absolute Gasteiger partial charge is 0.462 e. The first-order valence-electron chi connectivity index (χ1n) is 9.66. The van der Waals surface area contributed by atoms with E-state index in [-0.39, 0.29) is 35.1 Å². The second-order valence-electron chi connectivity index (χ2n) is 6.97. The molecule has 0 atom stereocenters. The molecule has 2 aromatic heterocycles. The van der Waals surface area contributed by atoms with Crippen molar-refractivity contribution in [2.24, 2.45) is 0 Å². The van der Waals surface area contributed by atoms with Gasteiger partial charge in [-0.2, -0.15) is 0 Å². The van der Waals surface area contributed by atoms with Crippen molar-refractivity contribution in [3.05, 3.63) is 28.0 Å². The van der Waals surface area contributed by atoms with Crippen molar-refractivity contribution in [1.82, 2.24) is 20.2 Å². The predicted molar refractivity (Wildman–Crippen MR) is 103 cm³/mol. The van der Waals surface area contributed by atoms with Crippen molar-refractivity contribution in [3.8, 4) is 0 Å². The number of rotatable bonds is 5. The Hall–Kier alpha value is -3.17. The number of nitrogens with one attached hydrogen (secondary N) is 2. The van der Waals surface area contributed by atoms with Crippen LogP contribution in [-0.2, 0) is 16.1 Å². The summed E-state index contributed by atoms with van der Waals surface area (Å²) in [5, 5.41) is 4.94. The molecule has 29 heavy (non-hydrogen) atoms. The van der Waals surface area contributed by atoms with E-state index in [4.69, 9.17) is 9.15 Å². The summed E-state index contributed by atoms with van der Waals surface area (Å²) in [6.07, 6.45) is 6.16. The number of urea groups is 1. The van der Waals surface area contributed by atoms with E-state index in [1.807, 2.05) is 0 Å². The van der Waals surface area contributed by atoms with Crippen molar-refractivity contribution < 1.29 is 23.5 Å². The van der Waals surface area contributed by atoms with Crippen LogP contribution in [0, 0.1) is 6.92 Å². The molecule has 1 fully saturated rings. The smallest absolute Gasteiger partial charge is 0.342 e. The van der Waals surface area contributed by atoms with E-state index in [2.05, 4.69) is 15.6 Å². The zero-order chi connectivity index (χ0) is 21.0. The lowest BCUT2D eigenvalue weighted by Crippen LogP contribution is -2.46. The molecule has 0 saturated heterocycles. The maximum absolute atomic E-state index is 12.8. The second kappa shape index (κ2) is 8.89. The Kier molecular flexibility index (Phi) is 6.30. The molecule has 1 aliphatic carbocycles. The quantitative estimate of drug-likeness (QED) is 0.724. The SMILES string of the molecule is CCOC(=O)c1c(C)oc2ncn(CC(=O)NC(=O)NC3CCCCC3)c(=O)c12. The maximum atomic E-state index is 12.8. The summed E-state index contributed by atoms with van der Waals surface area (Å²) in [6, 6.07) is -0.534. The van der Waals surface area contributed by atoms with Gasteiger partial charge in [-0.05, 0) is 26.7 Å². The summed E-state index contributed by atoms with van der Waals surface area (Å²) >= 11 is 0. The second-order valence-corrected chi connectivity index (χ2v) is 6.97. The molecule has 0 radical (unpaired) electrons. The summed E-state index contributed by atoms with van der Waals surface area (Å²) in [6.45, 7) is 2.89. The molecule has 2 N–H and O–H groups in total. The standard InChI is InChI=1S/C19H24N4O6/c1-3-28-18(26)14-11(2)29-16-15(14)17(25)23(10-20-16)9-13(24)22-19(27)21-12-7-5-4-6-8-12/h10,12H,3-9H2,1-2H3,(H2,21,22,24,27). The van der Waals surface area contributed by atoms with Crippen molar-refractivity contribution in [1.29, 1.82) is 0 Å². The Morgan fingerprint density at radius 3 is 2.69 bits per heavy atom. The highest BCUT2D eigenvalue weighted by atomic mass is 16.5. The van der Waals surface area contributed by atoms with Crippen molar-refractivity contribution in [2.75, 3.05) is 6.61 Å². The number of aryl methyl sites for hydroxylation is 1. The van der Waals surface area contributed by atoms with Crippen LogP contribution in [0.1, 0.15) is 55.1 Å². The summed E-state index contributed by atoms with van der Waals surface area (Å²) < 4.78 is 11.4. The molecule has 0 spiro atoms. The number of carbonyl (C=O) groups excluding carboxylic acids is 3. The van der Waals surface area contributed by atoms with Crippen LogP contribution in [0.2, 0.25) is 0 Å². The summed E-state index contributed by atoms with van der Waals surface area (Å²) in [5.74, 6) is -1.16. The first kappa shape index (κ1) is 20.6. The van der Waals surface area contributed by atoms with Gasteiger partial charge in [0.15, 0.2) is 0 Å². The van der Waals surface area contributed by atoms with Crippen LogP contribution < -0.4 is 16.2 Å². The van der Waals surface area contributed by atoms with Gasteiger partial charge in [0, 0.05) is 6.04 Å². The van der Waals surface area contributed by atoms with Crippen molar-refractivity contribution in [2.45, 2.75) is 58.5 Å². The number of aromatic nitrogens is 2. The topological polar surface area (TPSA) is 133 Å². The summed E-state index contributed by atoms with van der Waals surface area (Å²) in [5.41, 5.74) is -0.649. The van der Waals surface area contributed by atoms with Gasteiger partial charge in [0.25, 0.3) is 5.56 Å². The first-order valence-corrected chi connectivity index (χ1v) is 9.66. The lowest BCUT2D eigenvalue weighted by atomic mass is 9.96. The van der Waals surface area contributed by atoms with Gasteiger partial charge in [0.1, 0.15) is 29.6 Å². The van der Waals surface area contributed by atoms with Crippen molar-refractivity contribution in [3.63, 3.8) is 0 Å². The molecule has 0 aliphatic heterocycles. The Bertz CT molecular complexity index is 986. The molecule has 0 aromatic carbocycles. The molecule has 10 heteroatoms.